The van der Waals surface area contributed by atoms with Crippen LogP contribution in [-0.2, 0) is 5.41 Å². The highest BCUT2D eigenvalue weighted by Crippen LogP contribution is 2.37. The van der Waals surface area contributed by atoms with Gasteiger partial charge in [0.05, 0.1) is 0 Å². The van der Waals surface area contributed by atoms with Gasteiger partial charge < -0.3 is 5.73 Å². The van der Waals surface area contributed by atoms with Gasteiger partial charge in [-0.05, 0) is 24.1 Å². The first-order valence-corrected chi connectivity index (χ1v) is 5.56. The van der Waals surface area contributed by atoms with Crippen molar-refractivity contribution < 1.29 is 0 Å². The van der Waals surface area contributed by atoms with Crippen LogP contribution in [0.1, 0.15) is 18.9 Å². The summed E-state index contributed by atoms with van der Waals surface area (Å²) in [5.41, 5.74) is 6.47. The lowest BCUT2D eigenvalue weighted by atomic mass is 9.79. The summed E-state index contributed by atoms with van der Waals surface area (Å²) in [6, 6.07) is 5.50. The summed E-state index contributed by atoms with van der Waals surface area (Å²) in [6.45, 7) is 6.27. The molecule has 1 nitrogen and oxygen atoms in total. The number of hydrogen-bond donors (Lipinski definition) is 1. The average Bonchev–Trinajstić information content (AvgIpc) is 2.18. The normalized spacial score (nSPS) is 14.7. The number of halogens is 2. The van der Waals surface area contributed by atoms with Gasteiger partial charge in [-0.3, -0.25) is 0 Å². The van der Waals surface area contributed by atoms with Crippen LogP contribution in [-0.4, -0.2) is 6.54 Å². The lowest BCUT2D eigenvalue weighted by Gasteiger charge is -2.29. The highest BCUT2D eigenvalue weighted by molar-refractivity contribution is 6.36. The zero-order chi connectivity index (χ0) is 11.5. The van der Waals surface area contributed by atoms with E-state index in [9.17, 15) is 0 Å². The van der Waals surface area contributed by atoms with Gasteiger partial charge in [-0.1, -0.05) is 42.3 Å². The molecule has 1 aromatic rings. The zero-order valence-electron chi connectivity index (χ0n) is 8.76. The lowest BCUT2D eigenvalue weighted by molar-refractivity contribution is 0.492. The first kappa shape index (κ1) is 12.6. The van der Waals surface area contributed by atoms with Gasteiger partial charge in [0.1, 0.15) is 0 Å². The van der Waals surface area contributed by atoms with Crippen molar-refractivity contribution in [3.63, 3.8) is 0 Å². The predicted octanol–water partition coefficient (Wildman–Crippen LogP) is 3.79. The summed E-state index contributed by atoms with van der Waals surface area (Å²) in [4.78, 5) is 0. The van der Waals surface area contributed by atoms with E-state index in [0.717, 1.165) is 12.0 Å². The molecular weight excluding hydrogens is 229 g/mol. The fourth-order valence-electron chi connectivity index (χ4n) is 1.68. The molecule has 0 aromatic heterocycles. The molecule has 0 saturated carbocycles. The van der Waals surface area contributed by atoms with Crippen molar-refractivity contribution in [1.82, 2.24) is 0 Å². The van der Waals surface area contributed by atoms with Gasteiger partial charge in [-0.15, -0.1) is 6.58 Å². The van der Waals surface area contributed by atoms with Crippen LogP contribution in [0.3, 0.4) is 0 Å². The molecule has 0 bridgehead atoms. The Morgan fingerprint density at radius 2 is 1.93 bits per heavy atom. The molecule has 0 fully saturated rings. The van der Waals surface area contributed by atoms with E-state index in [0.29, 0.717) is 16.6 Å². The van der Waals surface area contributed by atoms with E-state index in [-0.39, 0.29) is 5.41 Å². The molecule has 2 N–H and O–H groups in total. The highest BCUT2D eigenvalue weighted by Gasteiger charge is 2.28. The SMILES string of the molecule is C=CCC(C)(CN)c1c(Cl)cccc1Cl. The third-order valence-electron chi connectivity index (χ3n) is 2.61. The maximum Gasteiger partial charge on any atom is 0.0459 e. The van der Waals surface area contributed by atoms with Crippen LogP contribution < -0.4 is 5.73 Å². The molecule has 1 atom stereocenters. The van der Waals surface area contributed by atoms with E-state index in [1.54, 1.807) is 0 Å². The summed E-state index contributed by atoms with van der Waals surface area (Å²) < 4.78 is 0. The topological polar surface area (TPSA) is 26.0 Å². The molecular formula is C12H15Cl2N. The number of nitrogens with two attached hydrogens (primary N) is 1. The van der Waals surface area contributed by atoms with Gasteiger partial charge in [0.2, 0.25) is 0 Å². The smallest absolute Gasteiger partial charge is 0.0459 e. The van der Waals surface area contributed by atoms with Gasteiger partial charge in [-0.2, -0.15) is 0 Å². The molecule has 0 aliphatic rings. The van der Waals surface area contributed by atoms with Crippen LogP contribution in [0.5, 0.6) is 0 Å². The molecule has 1 aromatic carbocycles. The van der Waals surface area contributed by atoms with Crippen molar-refractivity contribution in [1.29, 1.82) is 0 Å². The van der Waals surface area contributed by atoms with E-state index >= 15 is 0 Å². The van der Waals surface area contributed by atoms with Crippen molar-refractivity contribution >= 4 is 23.2 Å². The zero-order valence-corrected chi connectivity index (χ0v) is 10.3. The summed E-state index contributed by atoms with van der Waals surface area (Å²) in [5.74, 6) is 0. The first-order valence-electron chi connectivity index (χ1n) is 4.80. The third-order valence-corrected chi connectivity index (χ3v) is 3.24. The summed E-state index contributed by atoms with van der Waals surface area (Å²) in [7, 11) is 0. The second kappa shape index (κ2) is 5.02. The molecule has 0 amide bonds. The number of rotatable bonds is 4. The third kappa shape index (κ3) is 2.54. The molecule has 0 heterocycles. The molecule has 82 valence electrons. The largest absolute Gasteiger partial charge is 0.330 e. The molecule has 15 heavy (non-hydrogen) atoms. The van der Waals surface area contributed by atoms with Gasteiger partial charge in [-0.25, -0.2) is 0 Å². The molecule has 3 heteroatoms. The molecule has 1 rings (SSSR count). The molecule has 0 spiro atoms. The summed E-state index contributed by atoms with van der Waals surface area (Å²) in [6.07, 6.45) is 2.60. The highest BCUT2D eigenvalue weighted by atomic mass is 35.5. The minimum atomic E-state index is -0.239. The van der Waals surface area contributed by atoms with Crippen molar-refractivity contribution in [3.8, 4) is 0 Å². The van der Waals surface area contributed by atoms with Crippen LogP contribution in [0.25, 0.3) is 0 Å². The van der Waals surface area contributed by atoms with E-state index in [1.807, 2.05) is 31.2 Å². The summed E-state index contributed by atoms with van der Waals surface area (Å²) >= 11 is 12.3. The second-order valence-electron chi connectivity index (χ2n) is 3.85. The Hall–Kier alpha value is -0.500. The Labute approximate surface area is 101 Å². The Balaban J connectivity index is 3.28. The maximum absolute atomic E-state index is 6.15. The van der Waals surface area contributed by atoms with E-state index in [2.05, 4.69) is 6.58 Å². The Bertz CT molecular complexity index is 342. The van der Waals surface area contributed by atoms with Gasteiger partial charge in [0.15, 0.2) is 0 Å². The van der Waals surface area contributed by atoms with Gasteiger partial charge in [0.25, 0.3) is 0 Å². The monoisotopic (exact) mass is 243 g/mol. The quantitative estimate of drug-likeness (QED) is 0.801. The van der Waals surface area contributed by atoms with Crippen LogP contribution in [0.2, 0.25) is 10.0 Å². The van der Waals surface area contributed by atoms with Crippen molar-refractivity contribution in [2.45, 2.75) is 18.8 Å². The van der Waals surface area contributed by atoms with E-state index in [4.69, 9.17) is 28.9 Å². The van der Waals surface area contributed by atoms with Crippen LogP contribution in [0.4, 0.5) is 0 Å². The van der Waals surface area contributed by atoms with Crippen molar-refractivity contribution in [2.75, 3.05) is 6.54 Å². The minimum Gasteiger partial charge on any atom is -0.330 e. The van der Waals surface area contributed by atoms with Crippen LogP contribution in [0.15, 0.2) is 30.9 Å². The average molecular weight is 244 g/mol. The molecule has 1 unspecified atom stereocenters. The molecule has 0 aliphatic carbocycles. The fourth-order valence-corrected chi connectivity index (χ4v) is 2.53. The molecule has 0 aliphatic heterocycles. The Morgan fingerprint density at radius 3 is 2.33 bits per heavy atom. The van der Waals surface area contributed by atoms with Gasteiger partial charge >= 0.3 is 0 Å². The Morgan fingerprint density at radius 1 is 1.40 bits per heavy atom. The number of allylic oxidation sites excluding steroid dienone is 1. The second-order valence-corrected chi connectivity index (χ2v) is 4.67. The minimum absolute atomic E-state index is 0.239. The van der Waals surface area contributed by atoms with Crippen LogP contribution in [0, 0.1) is 0 Å². The number of hydrogen-bond acceptors (Lipinski definition) is 1. The summed E-state index contributed by atoms with van der Waals surface area (Å²) in [5, 5.41) is 1.33. The lowest BCUT2D eigenvalue weighted by Crippen LogP contribution is -2.32. The van der Waals surface area contributed by atoms with Crippen LogP contribution >= 0.6 is 23.2 Å². The van der Waals surface area contributed by atoms with Gasteiger partial charge in [0, 0.05) is 22.0 Å². The standard InChI is InChI=1S/C12H15Cl2N/c1-3-7-12(2,8-15)11-9(13)5-4-6-10(11)14/h3-6H,1,7-8,15H2,2H3. The molecule has 0 radical (unpaired) electrons. The van der Waals surface area contributed by atoms with Crippen molar-refractivity contribution in [2.24, 2.45) is 5.73 Å². The number of benzene rings is 1. The van der Waals surface area contributed by atoms with E-state index in [1.165, 1.54) is 0 Å². The Kier molecular flexibility index (Phi) is 4.21. The fraction of sp³-hybridized carbons (Fsp3) is 0.333. The van der Waals surface area contributed by atoms with Crippen molar-refractivity contribution in [3.05, 3.63) is 46.5 Å². The first-order chi connectivity index (χ1) is 7.05. The van der Waals surface area contributed by atoms with E-state index < -0.39 is 0 Å². The maximum atomic E-state index is 6.15. The molecule has 0 saturated heterocycles. The predicted molar refractivity (Wildman–Crippen MR) is 67.7 cm³/mol.